The minimum absolute atomic E-state index is 0.488. The maximum Gasteiger partial charge on any atom is 0.0949 e. The van der Waals surface area contributed by atoms with Crippen molar-refractivity contribution in [2.75, 3.05) is 19.6 Å². The Morgan fingerprint density at radius 2 is 2.20 bits per heavy atom. The van der Waals surface area contributed by atoms with E-state index in [1.54, 1.807) is 0 Å². The van der Waals surface area contributed by atoms with Crippen LogP contribution in [-0.2, 0) is 6.54 Å². The Bertz CT molecular complexity index is 388. The van der Waals surface area contributed by atoms with E-state index in [1.165, 1.54) is 37.9 Å². The number of piperidine rings is 1. The Hall–Kier alpha value is -0.870. The van der Waals surface area contributed by atoms with Gasteiger partial charge in [0.1, 0.15) is 0 Å². The molecule has 0 aliphatic carbocycles. The molecule has 1 aliphatic heterocycles. The molecule has 0 amide bonds. The van der Waals surface area contributed by atoms with Gasteiger partial charge in [-0.25, -0.2) is 4.98 Å². The lowest BCUT2D eigenvalue weighted by Gasteiger charge is -2.29. The van der Waals surface area contributed by atoms with Crippen molar-refractivity contribution >= 4 is 0 Å². The molecule has 2 unspecified atom stereocenters. The van der Waals surface area contributed by atoms with Crippen LogP contribution in [0.15, 0.2) is 12.5 Å². The summed E-state index contributed by atoms with van der Waals surface area (Å²) in [7, 11) is 0. The first-order valence-electron chi connectivity index (χ1n) is 8.23. The fourth-order valence-electron chi connectivity index (χ4n) is 3.17. The predicted molar refractivity (Wildman–Crippen MR) is 83.8 cm³/mol. The van der Waals surface area contributed by atoms with Gasteiger partial charge in [-0.3, -0.25) is 0 Å². The molecule has 2 atom stereocenters. The molecule has 0 bridgehead atoms. The van der Waals surface area contributed by atoms with Gasteiger partial charge in [0.2, 0.25) is 0 Å². The van der Waals surface area contributed by atoms with E-state index >= 15 is 0 Å². The van der Waals surface area contributed by atoms with E-state index in [9.17, 15) is 0 Å². The van der Waals surface area contributed by atoms with Gasteiger partial charge in [0, 0.05) is 31.4 Å². The van der Waals surface area contributed by atoms with Crippen LogP contribution in [0.25, 0.3) is 0 Å². The van der Waals surface area contributed by atoms with Crippen molar-refractivity contribution in [1.82, 2.24) is 19.8 Å². The lowest BCUT2D eigenvalue weighted by Crippen LogP contribution is -2.36. The van der Waals surface area contributed by atoms with Crippen LogP contribution < -0.4 is 5.32 Å². The van der Waals surface area contributed by atoms with Gasteiger partial charge in [-0.15, -0.1) is 0 Å². The second kappa shape index (κ2) is 7.79. The number of rotatable bonds is 7. The SMILES string of the molecule is CCCN(CC)CCn1cncc1C1CCCC(C)N1. The minimum atomic E-state index is 0.488. The molecule has 0 spiro atoms. The Labute approximate surface area is 123 Å². The molecule has 114 valence electrons. The monoisotopic (exact) mass is 278 g/mol. The van der Waals surface area contributed by atoms with Crippen molar-refractivity contribution in [3.63, 3.8) is 0 Å². The maximum absolute atomic E-state index is 4.38. The summed E-state index contributed by atoms with van der Waals surface area (Å²) in [5.41, 5.74) is 1.36. The van der Waals surface area contributed by atoms with E-state index in [1.807, 2.05) is 12.5 Å². The summed E-state index contributed by atoms with van der Waals surface area (Å²) in [5, 5.41) is 3.71. The first-order valence-corrected chi connectivity index (χ1v) is 8.23. The Balaban J connectivity index is 1.94. The third-order valence-corrected chi connectivity index (χ3v) is 4.36. The van der Waals surface area contributed by atoms with Crippen LogP contribution in [-0.4, -0.2) is 40.1 Å². The quantitative estimate of drug-likeness (QED) is 0.832. The Morgan fingerprint density at radius 1 is 1.35 bits per heavy atom. The fourth-order valence-corrected chi connectivity index (χ4v) is 3.17. The number of hydrogen-bond acceptors (Lipinski definition) is 3. The first-order chi connectivity index (χ1) is 9.74. The number of hydrogen-bond donors (Lipinski definition) is 1. The zero-order valence-corrected chi connectivity index (χ0v) is 13.3. The zero-order valence-electron chi connectivity index (χ0n) is 13.3. The molecule has 1 N–H and O–H groups in total. The van der Waals surface area contributed by atoms with Crippen molar-refractivity contribution in [1.29, 1.82) is 0 Å². The average Bonchev–Trinajstić information content (AvgIpc) is 2.92. The largest absolute Gasteiger partial charge is 0.332 e. The van der Waals surface area contributed by atoms with Gasteiger partial charge in [0.15, 0.2) is 0 Å². The average molecular weight is 278 g/mol. The fraction of sp³-hybridized carbons (Fsp3) is 0.812. The minimum Gasteiger partial charge on any atom is -0.332 e. The molecule has 1 fully saturated rings. The van der Waals surface area contributed by atoms with Crippen molar-refractivity contribution < 1.29 is 0 Å². The molecular formula is C16H30N4. The molecule has 0 saturated carbocycles. The van der Waals surface area contributed by atoms with Gasteiger partial charge >= 0.3 is 0 Å². The van der Waals surface area contributed by atoms with Gasteiger partial charge in [-0.2, -0.15) is 0 Å². The van der Waals surface area contributed by atoms with E-state index in [4.69, 9.17) is 0 Å². The smallest absolute Gasteiger partial charge is 0.0949 e. The van der Waals surface area contributed by atoms with Crippen molar-refractivity contribution in [2.45, 2.75) is 65.1 Å². The molecule has 4 heteroatoms. The predicted octanol–water partition coefficient (Wildman–Crippen LogP) is 2.82. The molecule has 4 nitrogen and oxygen atoms in total. The molecular weight excluding hydrogens is 248 g/mol. The molecule has 1 aliphatic rings. The van der Waals surface area contributed by atoms with E-state index in [2.05, 4.69) is 40.5 Å². The topological polar surface area (TPSA) is 33.1 Å². The summed E-state index contributed by atoms with van der Waals surface area (Å²) in [4.78, 5) is 6.89. The molecule has 0 radical (unpaired) electrons. The summed E-state index contributed by atoms with van der Waals surface area (Å²) >= 11 is 0. The highest BCUT2D eigenvalue weighted by Crippen LogP contribution is 2.25. The van der Waals surface area contributed by atoms with E-state index in [0.29, 0.717) is 12.1 Å². The number of nitrogens with zero attached hydrogens (tertiary/aromatic N) is 3. The maximum atomic E-state index is 4.38. The number of aromatic nitrogens is 2. The van der Waals surface area contributed by atoms with Crippen molar-refractivity contribution in [3.05, 3.63) is 18.2 Å². The lowest BCUT2D eigenvalue weighted by atomic mass is 9.97. The van der Waals surface area contributed by atoms with E-state index in [-0.39, 0.29) is 0 Å². The van der Waals surface area contributed by atoms with Gasteiger partial charge < -0.3 is 14.8 Å². The molecule has 1 aromatic heterocycles. The van der Waals surface area contributed by atoms with Crippen LogP contribution >= 0.6 is 0 Å². The lowest BCUT2D eigenvalue weighted by molar-refractivity contribution is 0.270. The van der Waals surface area contributed by atoms with E-state index in [0.717, 1.165) is 19.6 Å². The zero-order chi connectivity index (χ0) is 14.4. The van der Waals surface area contributed by atoms with Crippen molar-refractivity contribution in [2.24, 2.45) is 0 Å². The van der Waals surface area contributed by atoms with Crippen LogP contribution in [0.3, 0.4) is 0 Å². The summed E-state index contributed by atoms with van der Waals surface area (Å²) in [5.74, 6) is 0. The third kappa shape index (κ3) is 4.06. The second-order valence-electron chi connectivity index (χ2n) is 6.00. The van der Waals surface area contributed by atoms with Crippen LogP contribution in [0.5, 0.6) is 0 Å². The number of nitrogens with one attached hydrogen (secondary N) is 1. The molecule has 2 rings (SSSR count). The highest BCUT2D eigenvalue weighted by molar-refractivity contribution is 5.07. The number of likely N-dealkylation sites (N-methyl/N-ethyl adjacent to an activating group) is 1. The normalized spacial score (nSPS) is 23.4. The molecule has 2 heterocycles. The first kappa shape index (κ1) is 15.5. The van der Waals surface area contributed by atoms with Crippen LogP contribution in [0, 0.1) is 0 Å². The van der Waals surface area contributed by atoms with Gasteiger partial charge in [-0.05, 0) is 45.7 Å². The molecule has 1 aromatic rings. The van der Waals surface area contributed by atoms with Gasteiger partial charge in [0.05, 0.1) is 12.0 Å². The number of imidazole rings is 1. The third-order valence-electron chi connectivity index (χ3n) is 4.36. The van der Waals surface area contributed by atoms with Crippen LogP contribution in [0.4, 0.5) is 0 Å². The Morgan fingerprint density at radius 3 is 2.90 bits per heavy atom. The Kier molecular flexibility index (Phi) is 6.05. The highest BCUT2D eigenvalue weighted by Gasteiger charge is 2.22. The summed E-state index contributed by atoms with van der Waals surface area (Å²) < 4.78 is 2.34. The molecule has 20 heavy (non-hydrogen) atoms. The highest BCUT2D eigenvalue weighted by atomic mass is 15.2. The summed E-state index contributed by atoms with van der Waals surface area (Å²) in [6, 6.07) is 1.12. The standard InChI is InChI=1S/C16H30N4/c1-4-9-19(5-2)10-11-20-13-17-12-16(20)15-8-6-7-14(3)18-15/h12-15,18H,4-11H2,1-3H3. The molecule has 1 saturated heterocycles. The second-order valence-corrected chi connectivity index (χ2v) is 6.00. The summed E-state index contributed by atoms with van der Waals surface area (Å²) in [6.07, 6.45) is 9.13. The molecule has 0 aromatic carbocycles. The van der Waals surface area contributed by atoms with Crippen molar-refractivity contribution in [3.8, 4) is 0 Å². The summed E-state index contributed by atoms with van der Waals surface area (Å²) in [6.45, 7) is 11.3. The van der Waals surface area contributed by atoms with E-state index < -0.39 is 0 Å². The van der Waals surface area contributed by atoms with Gasteiger partial charge in [0.25, 0.3) is 0 Å². The van der Waals surface area contributed by atoms with Crippen LogP contribution in [0.2, 0.25) is 0 Å². The van der Waals surface area contributed by atoms with Crippen LogP contribution in [0.1, 0.15) is 58.2 Å². The van der Waals surface area contributed by atoms with Gasteiger partial charge in [-0.1, -0.05) is 13.8 Å².